The van der Waals surface area contributed by atoms with Crippen LogP contribution >= 0.6 is 0 Å². The molecule has 0 radical (unpaired) electrons. The van der Waals surface area contributed by atoms with Gasteiger partial charge in [0.2, 0.25) is 0 Å². The summed E-state index contributed by atoms with van der Waals surface area (Å²) in [6.45, 7) is 6.82. The van der Waals surface area contributed by atoms with E-state index in [2.05, 4.69) is 20.8 Å². The molecule has 1 unspecified atom stereocenters. The lowest BCUT2D eigenvalue weighted by molar-refractivity contribution is -0.142. The first-order valence-electron chi connectivity index (χ1n) is 4.79. The van der Waals surface area contributed by atoms with Gasteiger partial charge in [0.15, 0.2) is 0 Å². The molecule has 0 saturated heterocycles. The minimum Gasteiger partial charge on any atom is -0.481 e. The van der Waals surface area contributed by atoms with Crippen molar-refractivity contribution in [3.05, 3.63) is 0 Å². The quantitative estimate of drug-likeness (QED) is 0.690. The van der Waals surface area contributed by atoms with E-state index in [-0.39, 0.29) is 11.3 Å². The second-order valence-corrected chi connectivity index (χ2v) is 4.71. The van der Waals surface area contributed by atoms with Crippen LogP contribution in [0.25, 0.3) is 0 Å². The predicted molar refractivity (Wildman–Crippen MR) is 53.5 cm³/mol. The van der Waals surface area contributed by atoms with Gasteiger partial charge < -0.3 is 10.8 Å². The molecule has 0 heterocycles. The molecule has 0 aromatic heterocycles. The van der Waals surface area contributed by atoms with Crippen LogP contribution in [-0.4, -0.2) is 17.6 Å². The fraction of sp³-hybridized carbons (Fsp3) is 0.900. The van der Waals surface area contributed by atoms with Crippen LogP contribution < -0.4 is 5.73 Å². The van der Waals surface area contributed by atoms with Gasteiger partial charge in [0.1, 0.15) is 0 Å². The summed E-state index contributed by atoms with van der Waals surface area (Å²) >= 11 is 0. The van der Waals surface area contributed by atoms with E-state index in [0.717, 1.165) is 12.8 Å². The van der Waals surface area contributed by atoms with Gasteiger partial charge in [-0.1, -0.05) is 20.8 Å². The highest BCUT2D eigenvalue weighted by molar-refractivity contribution is 5.69. The molecule has 0 aliphatic rings. The highest BCUT2D eigenvalue weighted by Gasteiger charge is 2.19. The van der Waals surface area contributed by atoms with Crippen LogP contribution in [0.1, 0.15) is 40.0 Å². The van der Waals surface area contributed by atoms with Crippen molar-refractivity contribution in [3.8, 4) is 0 Å². The molecule has 3 heteroatoms. The number of hydrogen-bond donors (Lipinski definition) is 2. The fourth-order valence-corrected chi connectivity index (χ4v) is 1.20. The van der Waals surface area contributed by atoms with Crippen molar-refractivity contribution in [1.29, 1.82) is 0 Å². The van der Waals surface area contributed by atoms with Crippen LogP contribution in [0.5, 0.6) is 0 Å². The Bertz CT molecular complexity index is 161. The Morgan fingerprint density at radius 2 is 1.92 bits per heavy atom. The Kier molecular flexibility index (Phi) is 4.99. The first kappa shape index (κ1) is 12.4. The SMILES string of the molecule is CC(C)(C)CCC(CCN)C(=O)O. The monoisotopic (exact) mass is 187 g/mol. The molecule has 13 heavy (non-hydrogen) atoms. The Morgan fingerprint density at radius 1 is 1.38 bits per heavy atom. The van der Waals surface area contributed by atoms with Crippen molar-refractivity contribution < 1.29 is 9.90 Å². The van der Waals surface area contributed by atoms with Crippen molar-refractivity contribution in [3.63, 3.8) is 0 Å². The summed E-state index contributed by atoms with van der Waals surface area (Å²) in [6.07, 6.45) is 2.26. The topological polar surface area (TPSA) is 63.3 Å². The van der Waals surface area contributed by atoms with Crippen molar-refractivity contribution in [2.75, 3.05) is 6.54 Å². The molecule has 0 aliphatic heterocycles. The van der Waals surface area contributed by atoms with Crippen LogP contribution in [0.3, 0.4) is 0 Å². The molecule has 78 valence electrons. The largest absolute Gasteiger partial charge is 0.481 e. The molecule has 0 bridgehead atoms. The zero-order valence-electron chi connectivity index (χ0n) is 8.84. The number of nitrogens with two attached hydrogens (primary N) is 1. The Hall–Kier alpha value is -0.570. The molecule has 0 aromatic rings. The predicted octanol–water partition coefficient (Wildman–Crippen LogP) is 1.86. The number of aliphatic carboxylic acids is 1. The molecule has 1 atom stereocenters. The van der Waals surface area contributed by atoms with Crippen LogP contribution in [0, 0.1) is 11.3 Å². The summed E-state index contributed by atoms with van der Waals surface area (Å²) in [5, 5.41) is 8.85. The van der Waals surface area contributed by atoms with Gasteiger partial charge >= 0.3 is 5.97 Å². The molecule has 0 fully saturated rings. The third-order valence-corrected chi connectivity index (χ3v) is 2.11. The summed E-state index contributed by atoms with van der Waals surface area (Å²) in [4.78, 5) is 10.8. The van der Waals surface area contributed by atoms with Crippen molar-refractivity contribution in [2.45, 2.75) is 40.0 Å². The van der Waals surface area contributed by atoms with Gasteiger partial charge in [-0.2, -0.15) is 0 Å². The van der Waals surface area contributed by atoms with Crippen LogP contribution in [0.15, 0.2) is 0 Å². The molecule has 3 N–H and O–H groups in total. The summed E-state index contributed by atoms with van der Waals surface area (Å²) in [5.41, 5.74) is 5.55. The minimum atomic E-state index is -0.713. The average molecular weight is 187 g/mol. The van der Waals surface area contributed by atoms with Crippen LogP contribution in [0.2, 0.25) is 0 Å². The summed E-state index contributed by atoms with van der Waals surface area (Å²) in [7, 11) is 0. The van der Waals surface area contributed by atoms with Gasteiger partial charge in [0.05, 0.1) is 5.92 Å². The summed E-state index contributed by atoms with van der Waals surface area (Å²) in [5.74, 6) is -0.973. The minimum absolute atomic E-state index is 0.211. The summed E-state index contributed by atoms with van der Waals surface area (Å²) in [6, 6.07) is 0. The number of carboxylic acids is 1. The standard InChI is InChI=1S/C10H21NO2/c1-10(2,3)6-4-8(5-7-11)9(12)13/h8H,4-7,11H2,1-3H3,(H,12,13). The second-order valence-electron chi connectivity index (χ2n) is 4.71. The molecule has 0 rings (SSSR count). The zero-order valence-corrected chi connectivity index (χ0v) is 8.84. The molecule has 0 saturated carbocycles. The zero-order chi connectivity index (χ0) is 10.5. The third kappa shape index (κ3) is 6.58. The second kappa shape index (κ2) is 5.22. The van der Waals surface area contributed by atoms with E-state index >= 15 is 0 Å². The number of rotatable bonds is 5. The van der Waals surface area contributed by atoms with Gasteiger partial charge in [0.25, 0.3) is 0 Å². The maximum Gasteiger partial charge on any atom is 0.306 e. The highest BCUT2D eigenvalue weighted by atomic mass is 16.4. The lowest BCUT2D eigenvalue weighted by Crippen LogP contribution is -2.20. The molecular weight excluding hydrogens is 166 g/mol. The first-order chi connectivity index (χ1) is 5.87. The summed E-state index contributed by atoms with van der Waals surface area (Å²) < 4.78 is 0. The molecule has 0 aromatic carbocycles. The first-order valence-corrected chi connectivity index (χ1v) is 4.79. The molecule has 0 aliphatic carbocycles. The molecule has 3 nitrogen and oxygen atoms in total. The Balaban J connectivity index is 3.90. The van der Waals surface area contributed by atoms with Crippen molar-refractivity contribution >= 4 is 5.97 Å². The van der Waals surface area contributed by atoms with Crippen LogP contribution in [0.4, 0.5) is 0 Å². The lowest BCUT2D eigenvalue weighted by atomic mass is 9.86. The van der Waals surface area contributed by atoms with Crippen LogP contribution in [-0.2, 0) is 4.79 Å². The van der Waals surface area contributed by atoms with E-state index in [9.17, 15) is 4.79 Å². The third-order valence-electron chi connectivity index (χ3n) is 2.11. The van der Waals surface area contributed by atoms with E-state index in [4.69, 9.17) is 10.8 Å². The molecule has 0 spiro atoms. The average Bonchev–Trinajstić information content (AvgIpc) is 1.95. The van der Waals surface area contributed by atoms with E-state index < -0.39 is 5.97 Å². The maximum absolute atomic E-state index is 10.8. The molecule has 0 amide bonds. The number of carboxylic acid groups (broad SMARTS) is 1. The van der Waals surface area contributed by atoms with Gasteiger partial charge in [-0.3, -0.25) is 4.79 Å². The fourth-order valence-electron chi connectivity index (χ4n) is 1.20. The highest BCUT2D eigenvalue weighted by Crippen LogP contribution is 2.24. The van der Waals surface area contributed by atoms with Crippen molar-refractivity contribution in [1.82, 2.24) is 0 Å². The van der Waals surface area contributed by atoms with Gasteiger partial charge in [-0.15, -0.1) is 0 Å². The Morgan fingerprint density at radius 3 is 2.23 bits per heavy atom. The maximum atomic E-state index is 10.8. The van der Waals surface area contributed by atoms with E-state index in [0.29, 0.717) is 13.0 Å². The number of hydrogen-bond acceptors (Lipinski definition) is 2. The molecular formula is C10H21NO2. The Labute approximate surface area is 80.3 Å². The van der Waals surface area contributed by atoms with Gasteiger partial charge in [-0.25, -0.2) is 0 Å². The van der Waals surface area contributed by atoms with Crippen molar-refractivity contribution in [2.24, 2.45) is 17.1 Å². The van der Waals surface area contributed by atoms with E-state index in [1.54, 1.807) is 0 Å². The van der Waals surface area contributed by atoms with E-state index in [1.165, 1.54) is 0 Å². The van der Waals surface area contributed by atoms with E-state index in [1.807, 2.05) is 0 Å². The smallest absolute Gasteiger partial charge is 0.306 e. The lowest BCUT2D eigenvalue weighted by Gasteiger charge is -2.20. The van der Waals surface area contributed by atoms with Gasteiger partial charge in [0, 0.05) is 0 Å². The number of carbonyl (C=O) groups is 1. The normalized spacial score (nSPS) is 14.2. The van der Waals surface area contributed by atoms with Gasteiger partial charge in [-0.05, 0) is 31.2 Å².